The fourth-order valence-electron chi connectivity index (χ4n) is 3.36. The lowest BCUT2D eigenvalue weighted by molar-refractivity contribution is 0.210. The van der Waals surface area contributed by atoms with Gasteiger partial charge in [0.05, 0.1) is 15.2 Å². The summed E-state index contributed by atoms with van der Waals surface area (Å²) in [5.74, 6) is 0.596. The molecule has 1 unspecified atom stereocenters. The minimum absolute atomic E-state index is 0.596. The van der Waals surface area contributed by atoms with Crippen molar-refractivity contribution in [3.63, 3.8) is 0 Å². The molecule has 1 atom stereocenters. The summed E-state index contributed by atoms with van der Waals surface area (Å²) in [6.07, 6.45) is 7.42. The summed E-state index contributed by atoms with van der Waals surface area (Å²) in [5, 5.41) is 1.32. The molecule has 0 amide bonds. The van der Waals surface area contributed by atoms with Crippen molar-refractivity contribution in [1.29, 1.82) is 0 Å². The molecule has 3 heterocycles. The molecular weight excluding hydrogens is 302 g/mol. The Morgan fingerprint density at radius 1 is 1.13 bits per heavy atom. The van der Waals surface area contributed by atoms with Crippen LogP contribution in [0.25, 0.3) is 10.2 Å². The van der Waals surface area contributed by atoms with E-state index in [0.29, 0.717) is 5.92 Å². The standard InChI is InChI=1S/C19H21N3S/c1-2-6-18-17(5-1)21-19(23-18)16-4-3-12-22(14-16)13-9-15-7-10-20-11-8-15/h1-2,5-8,10-11,16H,3-4,9,12-14H2. The number of benzene rings is 1. The first kappa shape index (κ1) is 14.8. The highest BCUT2D eigenvalue weighted by molar-refractivity contribution is 7.18. The van der Waals surface area contributed by atoms with E-state index in [1.54, 1.807) is 0 Å². The van der Waals surface area contributed by atoms with Crippen molar-refractivity contribution in [1.82, 2.24) is 14.9 Å². The Balaban J connectivity index is 1.42. The third-order valence-electron chi connectivity index (χ3n) is 4.63. The molecule has 0 bridgehead atoms. The van der Waals surface area contributed by atoms with E-state index in [9.17, 15) is 0 Å². The van der Waals surface area contributed by atoms with E-state index < -0.39 is 0 Å². The highest BCUT2D eigenvalue weighted by atomic mass is 32.1. The molecule has 0 aliphatic carbocycles. The topological polar surface area (TPSA) is 29.0 Å². The average molecular weight is 323 g/mol. The molecule has 1 aromatic carbocycles. The molecule has 1 aliphatic rings. The van der Waals surface area contributed by atoms with Crippen molar-refractivity contribution in [3.05, 3.63) is 59.4 Å². The van der Waals surface area contributed by atoms with Gasteiger partial charge >= 0.3 is 0 Å². The molecule has 118 valence electrons. The zero-order chi connectivity index (χ0) is 15.5. The summed E-state index contributed by atoms with van der Waals surface area (Å²) in [7, 11) is 0. The molecule has 3 nitrogen and oxygen atoms in total. The van der Waals surface area contributed by atoms with Gasteiger partial charge in [-0.3, -0.25) is 4.98 Å². The van der Waals surface area contributed by atoms with Gasteiger partial charge in [-0.1, -0.05) is 12.1 Å². The van der Waals surface area contributed by atoms with Gasteiger partial charge < -0.3 is 4.90 Å². The summed E-state index contributed by atoms with van der Waals surface area (Å²) in [5.41, 5.74) is 2.53. The molecule has 3 aromatic rings. The zero-order valence-electron chi connectivity index (χ0n) is 13.2. The number of thiazole rings is 1. The summed E-state index contributed by atoms with van der Waals surface area (Å²) < 4.78 is 1.32. The number of likely N-dealkylation sites (tertiary alicyclic amines) is 1. The lowest BCUT2D eigenvalue weighted by Gasteiger charge is -2.31. The third kappa shape index (κ3) is 3.43. The Morgan fingerprint density at radius 2 is 2.00 bits per heavy atom. The summed E-state index contributed by atoms with van der Waals surface area (Å²) in [4.78, 5) is 11.6. The van der Waals surface area contributed by atoms with Crippen molar-refractivity contribution in [2.24, 2.45) is 0 Å². The third-order valence-corrected chi connectivity index (χ3v) is 5.83. The summed E-state index contributed by atoms with van der Waals surface area (Å²) in [6, 6.07) is 12.7. The molecule has 0 radical (unpaired) electrons. The summed E-state index contributed by atoms with van der Waals surface area (Å²) in [6.45, 7) is 3.49. The van der Waals surface area contributed by atoms with Crippen LogP contribution in [0.4, 0.5) is 0 Å². The van der Waals surface area contributed by atoms with Gasteiger partial charge in [-0.25, -0.2) is 4.98 Å². The molecule has 2 aromatic heterocycles. The van der Waals surface area contributed by atoms with E-state index in [4.69, 9.17) is 4.98 Å². The summed E-state index contributed by atoms with van der Waals surface area (Å²) >= 11 is 1.87. The van der Waals surface area contributed by atoms with Crippen molar-refractivity contribution in [2.75, 3.05) is 19.6 Å². The van der Waals surface area contributed by atoms with Gasteiger partial charge in [0.15, 0.2) is 0 Å². The quantitative estimate of drug-likeness (QED) is 0.723. The van der Waals surface area contributed by atoms with Crippen molar-refractivity contribution in [3.8, 4) is 0 Å². The van der Waals surface area contributed by atoms with Crippen molar-refractivity contribution in [2.45, 2.75) is 25.2 Å². The zero-order valence-corrected chi connectivity index (χ0v) is 14.0. The minimum atomic E-state index is 0.596. The number of aromatic nitrogens is 2. The van der Waals surface area contributed by atoms with Gasteiger partial charge in [-0.15, -0.1) is 11.3 Å². The second kappa shape index (κ2) is 6.77. The second-order valence-corrected chi connectivity index (χ2v) is 7.33. The number of rotatable bonds is 4. The molecule has 0 saturated carbocycles. The van der Waals surface area contributed by atoms with Gasteiger partial charge in [0, 0.05) is 31.4 Å². The lowest BCUT2D eigenvalue weighted by Crippen LogP contribution is -2.35. The molecule has 4 rings (SSSR count). The first-order valence-electron chi connectivity index (χ1n) is 8.35. The van der Waals surface area contributed by atoms with Crippen LogP contribution in [0, 0.1) is 0 Å². The maximum absolute atomic E-state index is 4.87. The van der Waals surface area contributed by atoms with Crippen LogP contribution in [-0.4, -0.2) is 34.5 Å². The van der Waals surface area contributed by atoms with E-state index >= 15 is 0 Å². The van der Waals surface area contributed by atoms with E-state index in [1.807, 2.05) is 23.7 Å². The van der Waals surface area contributed by atoms with Crippen LogP contribution in [0.1, 0.15) is 29.3 Å². The average Bonchev–Trinajstić information content (AvgIpc) is 3.05. The predicted octanol–water partition coefficient (Wildman–Crippen LogP) is 4.11. The first-order chi connectivity index (χ1) is 11.4. The highest BCUT2D eigenvalue weighted by Gasteiger charge is 2.23. The molecule has 23 heavy (non-hydrogen) atoms. The highest BCUT2D eigenvalue weighted by Crippen LogP contribution is 2.32. The fraction of sp³-hybridized carbons (Fsp3) is 0.368. The molecule has 1 fully saturated rings. The van der Waals surface area contributed by atoms with Crippen LogP contribution in [0.15, 0.2) is 48.8 Å². The van der Waals surface area contributed by atoms with Crippen LogP contribution in [0.5, 0.6) is 0 Å². The molecule has 1 aliphatic heterocycles. The second-order valence-electron chi connectivity index (χ2n) is 6.27. The first-order valence-corrected chi connectivity index (χ1v) is 9.17. The number of fused-ring (bicyclic) bond motifs is 1. The Labute approximate surface area is 141 Å². The van der Waals surface area contributed by atoms with Gasteiger partial charge in [0.2, 0.25) is 0 Å². The van der Waals surface area contributed by atoms with Gasteiger partial charge in [0.25, 0.3) is 0 Å². The van der Waals surface area contributed by atoms with E-state index in [-0.39, 0.29) is 0 Å². The molecule has 1 saturated heterocycles. The van der Waals surface area contributed by atoms with Gasteiger partial charge in [-0.2, -0.15) is 0 Å². The monoisotopic (exact) mass is 323 g/mol. The number of hydrogen-bond donors (Lipinski definition) is 0. The number of hydrogen-bond acceptors (Lipinski definition) is 4. The number of para-hydroxylation sites is 1. The van der Waals surface area contributed by atoms with Gasteiger partial charge in [0.1, 0.15) is 0 Å². The minimum Gasteiger partial charge on any atom is -0.302 e. The van der Waals surface area contributed by atoms with Crippen LogP contribution in [0.2, 0.25) is 0 Å². The van der Waals surface area contributed by atoms with E-state index in [0.717, 1.165) is 25.0 Å². The molecule has 0 N–H and O–H groups in total. The maximum Gasteiger partial charge on any atom is 0.0982 e. The van der Waals surface area contributed by atoms with Gasteiger partial charge in [-0.05, 0) is 55.6 Å². The Kier molecular flexibility index (Phi) is 4.35. The van der Waals surface area contributed by atoms with Crippen molar-refractivity contribution >= 4 is 21.6 Å². The molecular formula is C19H21N3S. The maximum atomic E-state index is 4.87. The van der Waals surface area contributed by atoms with Crippen LogP contribution in [0.3, 0.4) is 0 Å². The van der Waals surface area contributed by atoms with Crippen LogP contribution < -0.4 is 0 Å². The largest absolute Gasteiger partial charge is 0.302 e. The SMILES string of the molecule is c1ccc2sc(C3CCCN(CCc4ccncc4)C3)nc2c1. The lowest BCUT2D eigenvalue weighted by atomic mass is 9.98. The Bertz CT molecular complexity index is 735. The Hall–Kier alpha value is -1.78. The molecule has 0 spiro atoms. The number of pyridine rings is 1. The smallest absolute Gasteiger partial charge is 0.0982 e. The fourth-order valence-corrected chi connectivity index (χ4v) is 4.45. The molecule has 4 heteroatoms. The van der Waals surface area contributed by atoms with E-state index in [2.05, 4.69) is 46.3 Å². The van der Waals surface area contributed by atoms with Crippen LogP contribution in [-0.2, 0) is 6.42 Å². The number of nitrogens with zero attached hydrogens (tertiary/aromatic N) is 3. The predicted molar refractivity (Wildman–Crippen MR) is 96.0 cm³/mol. The normalized spacial score (nSPS) is 19.2. The number of piperidine rings is 1. The van der Waals surface area contributed by atoms with E-state index in [1.165, 1.54) is 34.7 Å². The van der Waals surface area contributed by atoms with Crippen LogP contribution >= 0.6 is 11.3 Å². The van der Waals surface area contributed by atoms with Crippen molar-refractivity contribution < 1.29 is 0 Å². The Morgan fingerprint density at radius 3 is 2.87 bits per heavy atom.